The molecule has 0 aliphatic rings. The van der Waals surface area contributed by atoms with Gasteiger partial charge in [0.15, 0.2) is 0 Å². The predicted octanol–water partition coefficient (Wildman–Crippen LogP) is -0.130. The molecular weight excluding hydrogens is 202 g/mol. The fourth-order valence-electron chi connectivity index (χ4n) is 0.842. The number of carboxylic acids is 2. The lowest BCUT2D eigenvalue weighted by Gasteiger charge is -2.37. The van der Waals surface area contributed by atoms with Gasteiger partial charge in [0.2, 0.25) is 0 Å². The summed E-state index contributed by atoms with van der Waals surface area (Å²) >= 11 is 0. The highest BCUT2D eigenvalue weighted by molar-refractivity contribution is 5.75. The lowest BCUT2D eigenvalue weighted by atomic mass is 9.82. The Morgan fingerprint density at radius 3 is 2.00 bits per heavy atom. The van der Waals surface area contributed by atoms with Crippen molar-refractivity contribution in [3.63, 3.8) is 0 Å². The first-order valence-corrected chi connectivity index (χ1v) is 4.54. The van der Waals surface area contributed by atoms with Gasteiger partial charge in [-0.05, 0) is 20.8 Å². The molecule has 6 heteroatoms. The first kappa shape index (κ1) is 13.9. The van der Waals surface area contributed by atoms with E-state index in [0.717, 1.165) is 0 Å². The van der Waals surface area contributed by atoms with Crippen LogP contribution in [0.2, 0.25) is 0 Å². The smallest absolute Gasteiger partial charge is 0.313 e. The number of carbonyl (C=O) groups is 2. The minimum atomic E-state index is -1.66. The molecular formula is C9H17NO5. The third kappa shape index (κ3) is 3.49. The second kappa shape index (κ2) is 4.59. The molecule has 0 saturated carbocycles. The van der Waals surface area contributed by atoms with Gasteiger partial charge in [-0.25, -0.2) is 0 Å². The predicted molar refractivity (Wildman–Crippen MR) is 52.3 cm³/mol. The lowest BCUT2D eigenvalue weighted by molar-refractivity contribution is -0.166. The second-order valence-electron chi connectivity index (χ2n) is 4.07. The van der Waals surface area contributed by atoms with Crippen molar-refractivity contribution in [2.24, 2.45) is 5.41 Å². The van der Waals surface area contributed by atoms with Crippen LogP contribution in [-0.4, -0.2) is 39.5 Å². The molecule has 1 atom stereocenters. The Labute approximate surface area is 87.9 Å². The molecule has 0 aromatic carbocycles. The third-order valence-corrected chi connectivity index (χ3v) is 2.56. The van der Waals surface area contributed by atoms with E-state index >= 15 is 0 Å². The zero-order valence-electron chi connectivity index (χ0n) is 9.07. The molecule has 0 aromatic heterocycles. The van der Waals surface area contributed by atoms with Crippen LogP contribution >= 0.6 is 0 Å². The molecule has 0 aliphatic carbocycles. The Balaban J connectivity index is 4.41. The second-order valence-corrected chi connectivity index (χ2v) is 4.07. The molecule has 0 bridgehead atoms. The highest BCUT2D eigenvalue weighted by atomic mass is 16.4. The van der Waals surface area contributed by atoms with Gasteiger partial charge >= 0.3 is 11.9 Å². The molecule has 88 valence electrons. The van der Waals surface area contributed by atoms with Crippen LogP contribution in [0, 0.1) is 5.41 Å². The molecule has 0 heterocycles. The first-order valence-electron chi connectivity index (χ1n) is 4.54. The van der Waals surface area contributed by atoms with Crippen molar-refractivity contribution in [1.29, 1.82) is 0 Å². The number of hydrogen-bond acceptors (Lipinski definition) is 4. The highest BCUT2D eigenvalue weighted by Gasteiger charge is 2.45. The van der Waals surface area contributed by atoms with Gasteiger partial charge in [0.05, 0.1) is 6.42 Å². The standard InChI is InChI=1S/C9H17NO5/c1-8(2,7(13)14)9(3,15)10-5-4-6(11)12/h10,15H,4-5H2,1-3H3,(H,11,12)(H,13,14). The van der Waals surface area contributed by atoms with Crippen molar-refractivity contribution in [3.05, 3.63) is 0 Å². The number of hydrogen-bond donors (Lipinski definition) is 4. The molecule has 0 radical (unpaired) electrons. The molecule has 0 fully saturated rings. The fraction of sp³-hybridized carbons (Fsp3) is 0.778. The summed E-state index contributed by atoms with van der Waals surface area (Å²) in [6.45, 7) is 4.05. The van der Waals surface area contributed by atoms with Crippen LogP contribution in [-0.2, 0) is 9.59 Å². The summed E-state index contributed by atoms with van der Waals surface area (Å²) in [5.41, 5.74) is -3.06. The minimum absolute atomic E-state index is 0.0129. The maximum absolute atomic E-state index is 10.8. The van der Waals surface area contributed by atoms with Gasteiger partial charge in [-0.2, -0.15) is 0 Å². The molecule has 0 rings (SSSR count). The van der Waals surface area contributed by atoms with Crippen molar-refractivity contribution >= 4 is 11.9 Å². The first-order chi connectivity index (χ1) is 6.61. The largest absolute Gasteiger partial charge is 0.481 e. The van der Waals surface area contributed by atoms with Crippen molar-refractivity contribution in [3.8, 4) is 0 Å². The van der Waals surface area contributed by atoms with E-state index in [1.54, 1.807) is 0 Å². The Kier molecular flexibility index (Phi) is 4.24. The van der Waals surface area contributed by atoms with E-state index in [1.165, 1.54) is 20.8 Å². The van der Waals surface area contributed by atoms with Crippen LogP contribution in [0.1, 0.15) is 27.2 Å². The summed E-state index contributed by atoms with van der Waals surface area (Å²) in [6, 6.07) is 0. The highest BCUT2D eigenvalue weighted by Crippen LogP contribution is 2.28. The molecule has 0 amide bonds. The average Bonchev–Trinajstić information content (AvgIpc) is 2.02. The van der Waals surface area contributed by atoms with E-state index in [1.807, 2.05) is 0 Å². The Morgan fingerprint density at radius 2 is 1.67 bits per heavy atom. The van der Waals surface area contributed by atoms with E-state index in [2.05, 4.69) is 5.32 Å². The van der Waals surface area contributed by atoms with E-state index in [9.17, 15) is 14.7 Å². The molecule has 15 heavy (non-hydrogen) atoms. The zero-order chi connectivity index (χ0) is 12.3. The van der Waals surface area contributed by atoms with Crippen LogP contribution < -0.4 is 5.32 Å². The Bertz CT molecular complexity index is 259. The topological polar surface area (TPSA) is 107 Å². The van der Waals surface area contributed by atoms with Gasteiger partial charge in [-0.1, -0.05) is 0 Å². The van der Waals surface area contributed by atoms with Crippen molar-refractivity contribution in [2.75, 3.05) is 6.54 Å². The van der Waals surface area contributed by atoms with Gasteiger partial charge in [-0.3, -0.25) is 14.9 Å². The van der Waals surface area contributed by atoms with E-state index < -0.39 is 23.1 Å². The van der Waals surface area contributed by atoms with Crippen LogP contribution in [0.3, 0.4) is 0 Å². The normalized spacial score (nSPS) is 15.7. The third-order valence-electron chi connectivity index (χ3n) is 2.56. The van der Waals surface area contributed by atoms with Crippen LogP contribution in [0.5, 0.6) is 0 Å². The number of aliphatic carboxylic acids is 2. The molecule has 6 nitrogen and oxygen atoms in total. The van der Waals surface area contributed by atoms with E-state index in [-0.39, 0.29) is 13.0 Å². The summed E-state index contributed by atoms with van der Waals surface area (Å²) in [6.07, 6.45) is -0.175. The summed E-state index contributed by atoms with van der Waals surface area (Å²) < 4.78 is 0. The summed E-state index contributed by atoms with van der Waals surface area (Å²) in [7, 11) is 0. The fourth-order valence-corrected chi connectivity index (χ4v) is 0.842. The summed E-state index contributed by atoms with van der Waals surface area (Å²) in [5, 5.41) is 29.6. The van der Waals surface area contributed by atoms with Crippen molar-refractivity contribution in [2.45, 2.75) is 32.9 Å². The van der Waals surface area contributed by atoms with E-state index in [4.69, 9.17) is 10.2 Å². The van der Waals surface area contributed by atoms with Crippen LogP contribution in [0.4, 0.5) is 0 Å². The average molecular weight is 219 g/mol. The minimum Gasteiger partial charge on any atom is -0.481 e. The van der Waals surface area contributed by atoms with Gasteiger partial charge < -0.3 is 15.3 Å². The lowest BCUT2D eigenvalue weighted by Crippen LogP contribution is -2.57. The van der Waals surface area contributed by atoms with Crippen LogP contribution in [0.25, 0.3) is 0 Å². The maximum Gasteiger partial charge on any atom is 0.313 e. The van der Waals surface area contributed by atoms with Gasteiger partial charge in [0.25, 0.3) is 0 Å². The maximum atomic E-state index is 10.8. The van der Waals surface area contributed by atoms with Crippen molar-refractivity contribution in [1.82, 2.24) is 5.32 Å². The molecule has 0 aliphatic heterocycles. The van der Waals surface area contributed by atoms with Crippen molar-refractivity contribution < 1.29 is 24.9 Å². The number of nitrogens with one attached hydrogen (secondary N) is 1. The summed E-state index contributed by atoms with van der Waals surface area (Å²) in [4.78, 5) is 21.1. The molecule has 4 N–H and O–H groups in total. The summed E-state index contributed by atoms with van der Waals surface area (Å²) in [5.74, 6) is -2.17. The SMILES string of the molecule is CC(O)(NCCC(=O)O)C(C)(C)C(=O)O. The molecule has 0 spiro atoms. The molecule has 0 saturated heterocycles. The zero-order valence-corrected chi connectivity index (χ0v) is 9.07. The molecule has 0 aromatic rings. The quantitative estimate of drug-likeness (QED) is 0.463. The van der Waals surface area contributed by atoms with Gasteiger partial charge in [0.1, 0.15) is 11.1 Å². The van der Waals surface area contributed by atoms with Gasteiger partial charge in [-0.15, -0.1) is 0 Å². The van der Waals surface area contributed by atoms with Crippen LogP contribution in [0.15, 0.2) is 0 Å². The number of rotatable bonds is 6. The molecule has 1 unspecified atom stereocenters. The Hall–Kier alpha value is -1.14. The van der Waals surface area contributed by atoms with E-state index in [0.29, 0.717) is 0 Å². The van der Waals surface area contributed by atoms with Gasteiger partial charge in [0, 0.05) is 6.54 Å². The number of carboxylic acid groups (broad SMARTS) is 2. The Morgan fingerprint density at radius 1 is 1.20 bits per heavy atom. The monoisotopic (exact) mass is 219 g/mol. The number of aliphatic hydroxyl groups is 1.